The van der Waals surface area contributed by atoms with Gasteiger partial charge in [-0.2, -0.15) is 0 Å². The van der Waals surface area contributed by atoms with E-state index >= 15 is 0 Å². The number of hydrogen-bond donors (Lipinski definition) is 2. The average Bonchev–Trinajstić information content (AvgIpc) is 2.94. The van der Waals surface area contributed by atoms with Crippen LogP contribution in [0.2, 0.25) is 0 Å². The summed E-state index contributed by atoms with van der Waals surface area (Å²) in [5.41, 5.74) is 2.59. The van der Waals surface area contributed by atoms with Gasteiger partial charge in [-0.25, -0.2) is 4.79 Å². The van der Waals surface area contributed by atoms with Gasteiger partial charge in [-0.3, -0.25) is 9.69 Å². The number of likely N-dealkylation sites (tertiary alicyclic amines) is 1. The monoisotopic (exact) mass is 343 g/mol. The Morgan fingerprint density at radius 2 is 2.20 bits per heavy atom. The number of benzene rings is 1. The number of aryl methyl sites for hydroxylation is 1. The van der Waals surface area contributed by atoms with E-state index in [0.717, 1.165) is 36.0 Å². The highest BCUT2D eigenvalue weighted by Crippen LogP contribution is 2.31. The number of H-pyrrole nitrogens is 1. The normalized spacial score (nSPS) is 18.3. The molecule has 0 spiro atoms. The van der Waals surface area contributed by atoms with Crippen LogP contribution in [0.1, 0.15) is 35.8 Å². The quantitative estimate of drug-likeness (QED) is 0.837. The summed E-state index contributed by atoms with van der Waals surface area (Å²) in [6, 6.07) is 5.76. The van der Waals surface area contributed by atoms with Gasteiger partial charge in [0.15, 0.2) is 0 Å². The Bertz CT molecular complexity index is 797. The number of aromatic nitrogens is 1. The van der Waals surface area contributed by atoms with Crippen molar-refractivity contribution in [3.05, 3.63) is 29.5 Å². The summed E-state index contributed by atoms with van der Waals surface area (Å²) in [7, 11) is 1.33. The van der Waals surface area contributed by atoms with E-state index in [1.807, 2.05) is 25.1 Å². The molecular weight excluding hydrogens is 318 g/mol. The van der Waals surface area contributed by atoms with Gasteiger partial charge >= 0.3 is 5.97 Å². The first-order valence-corrected chi connectivity index (χ1v) is 8.71. The maximum atomic E-state index is 12.6. The van der Waals surface area contributed by atoms with E-state index in [9.17, 15) is 9.59 Å². The Balaban J connectivity index is 1.86. The molecule has 1 amide bonds. The lowest BCUT2D eigenvalue weighted by molar-refractivity contribution is -0.117. The molecule has 1 saturated heterocycles. The van der Waals surface area contributed by atoms with Crippen LogP contribution in [0, 0.1) is 12.8 Å². The van der Waals surface area contributed by atoms with Crippen molar-refractivity contribution in [1.82, 2.24) is 9.88 Å². The number of nitrogens with one attached hydrogen (secondary N) is 2. The highest BCUT2D eigenvalue weighted by atomic mass is 16.5. The summed E-state index contributed by atoms with van der Waals surface area (Å²) in [6.07, 6.45) is 2.33. The lowest BCUT2D eigenvalue weighted by atomic mass is 10.0. The fraction of sp³-hybridized carbons (Fsp3) is 0.474. The first kappa shape index (κ1) is 17.5. The molecule has 134 valence electrons. The van der Waals surface area contributed by atoms with Crippen LogP contribution in [-0.4, -0.2) is 48.5 Å². The minimum Gasteiger partial charge on any atom is -0.464 e. The van der Waals surface area contributed by atoms with Crippen molar-refractivity contribution in [2.24, 2.45) is 5.92 Å². The molecule has 3 rings (SSSR count). The molecule has 2 aromatic rings. The Morgan fingerprint density at radius 3 is 2.92 bits per heavy atom. The number of fused-ring (bicyclic) bond motifs is 1. The molecule has 0 aliphatic carbocycles. The summed E-state index contributed by atoms with van der Waals surface area (Å²) in [5, 5.41) is 3.79. The molecule has 6 heteroatoms. The minimum atomic E-state index is -0.488. The smallest absolute Gasteiger partial charge is 0.356 e. The molecule has 1 atom stereocenters. The van der Waals surface area contributed by atoms with E-state index in [2.05, 4.69) is 22.1 Å². The number of rotatable bonds is 4. The number of carbonyl (C=O) groups excluding carboxylic acids is 2. The first-order chi connectivity index (χ1) is 12.0. The zero-order chi connectivity index (χ0) is 18.0. The molecule has 0 saturated carbocycles. The van der Waals surface area contributed by atoms with Crippen molar-refractivity contribution in [2.45, 2.75) is 26.7 Å². The second-order valence-corrected chi connectivity index (χ2v) is 6.89. The van der Waals surface area contributed by atoms with Gasteiger partial charge in [0.2, 0.25) is 5.91 Å². The van der Waals surface area contributed by atoms with Crippen molar-refractivity contribution in [3.63, 3.8) is 0 Å². The molecule has 1 aliphatic heterocycles. The van der Waals surface area contributed by atoms with Gasteiger partial charge in [-0.1, -0.05) is 19.1 Å². The highest BCUT2D eigenvalue weighted by Gasteiger charge is 2.23. The molecule has 2 heterocycles. The Hall–Kier alpha value is -2.34. The van der Waals surface area contributed by atoms with Crippen molar-refractivity contribution in [3.8, 4) is 0 Å². The van der Waals surface area contributed by atoms with Crippen LogP contribution in [0.3, 0.4) is 0 Å². The number of piperidine rings is 1. The van der Waals surface area contributed by atoms with E-state index < -0.39 is 5.97 Å². The van der Waals surface area contributed by atoms with Crippen molar-refractivity contribution in [1.29, 1.82) is 0 Å². The van der Waals surface area contributed by atoms with Gasteiger partial charge in [0.05, 0.1) is 19.3 Å². The largest absolute Gasteiger partial charge is 0.464 e. The summed E-state index contributed by atoms with van der Waals surface area (Å²) in [6.45, 7) is 6.38. The van der Waals surface area contributed by atoms with Crippen LogP contribution in [0.15, 0.2) is 18.2 Å². The number of aromatic amines is 1. The molecule has 6 nitrogen and oxygen atoms in total. The fourth-order valence-corrected chi connectivity index (χ4v) is 3.62. The molecule has 1 aromatic carbocycles. The van der Waals surface area contributed by atoms with E-state index in [-0.39, 0.29) is 11.6 Å². The molecule has 2 N–H and O–H groups in total. The summed E-state index contributed by atoms with van der Waals surface area (Å²) in [5.74, 6) is 0.0171. The van der Waals surface area contributed by atoms with Gasteiger partial charge in [0.25, 0.3) is 0 Å². The number of anilines is 1. The third-order valence-corrected chi connectivity index (χ3v) is 4.79. The van der Waals surface area contributed by atoms with Crippen molar-refractivity contribution >= 4 is 28.5 Å². The number of ether oxygens (including phenoxy) is 1. The molecule has 1 aromatic heterocycles. The Labute approximate surface area is 147 Å². The zero-order valence-corrected chi connectivity index (χ0v) is 15.0. The SMILES string of the molecule is COC(=O)c1[nH]c2cccc(C)c2c1NC(=O)CN1CCC[C@@H](C)C1. The van der Waals surface area contributed by atoms with Gasteiger partial charge in [-0.15, -0.1) is 0 Å². The molecule has 0 radical (unpaired) electrons. The Morgan fingerprint density at radius 1 is 1.40 bits per heavy atom. The molecule has 1 fully saturated rings. The minimum absolute atomic E-state index is 0.108. The van der Waals surface area contributed by atoms with Crippen LogP contribution >= 0.6 is 0 Å². The predicted molar refractivity (Wildman–Crippen MR) is 97.8 cm³/mol. The number of nitrogens with zero attached hydrogens (tertiary/aromatic N) is 1. The first-order valence-electron chi connectivity index (χ1n) is 8.71. The second-order valence-electron chi connectivity index (χ2n) is 6.89. The average molecular weight is 343 g/mol. The summed E-state index contributed by atoms with van der Waals surface area (Å²) in [4.78, 5) is 29.9. The van der Waals surface area contributed by atoms with Crippen LogP contribution in [0.25, 0.3) is 10.9 Å². The highest BCUT2D eigenvalue weighted by molar-refractivity contribution is 6.12. The maximum absolute atomic E-state index is 12.6. The molecule has 1 aliphatic rings. The molecular formula is C19H25N3O3. The van der Waals surface area contributed by atoms with Crippen LogP contribution in [0.5, 0.6) is 0 Å². The van der Waals surface area contributed by atoms with Gasteiger partial charge in [0.1, 0.15) is 5.69 Å². The number of hydrogen-bond acceptors (Lipinski definition) is 4. The summed E-state index contributed by atoms with van der Waals surface area (Å²) >= 11 is 0. The second kappa shape index (κ2) is 7.27. The van der Waals surface area contributed by atoms with E-state index in [4.69, 9.17) is 4.74 Å². The lowest BCUT2D eigenvalue weighted by Crippen LogP contribution is -2.39. The van der Waals surface area contributed by atoms with Gasteiger partial charge in [-0.05, 0) is 43.9 Å². The van der Waals surface area contributed by atoms with Crippen molar-refractivity contribution < 1.29 is 14.3 Å². The van der Waals surface area contributed by atoms with E-state index in [1.165, 1.54) is 13.5 Å². The van der Waals surface area contributed by atoms with Crippen LogP contribution in [0.4, 0.5) is 5.69 Å². The molecule has 0 bridgehead atoms. The zero-order valence-electron chi connectivity index (χ0n) is 15.0. The number of amides is 1. The van der Waals surface area contributed by atoms with Crippen LogP contribution in [-0.2, 0) is 9.53 Å². The molecule has 0 unspecified atom stereocenters. The van der Waals surface area contributed by atoms with E-state index in [1.54, 1.807) is 0 Å². The third kappa shape index (κ3) is 3.69. The Kier molecular flexibility index (Phi) is 5.08. The fourth-order valence-electron chi connectivity index (χ4n) is 3.62. The number of methoxy groups -OCH3 is 1. The molecule has 25 heavy (non-hydrogen) atoms. The van der Waals surface area contributed by atoms with Crippen LogP contribution < -0.4 is 5.32 Å². The lowest BCUT2D eigenvalue weighted by Gasteiger charge is -2.30. The van der Waals surface area contributed by atoms with Gasteiger partial charge in [0, 0.05) is 17.4 Å². The maximum Gasteiger partial charge on any atom is 0.356 e. The van der Waals surface area contributed by atoms with Crippen molar-refractivity contribution in [2.75, 3.05) is 32.1 Å². The van der Waals surface area contributed by atoms with Gasteiger partial charge < -0.3 is 15.0 Å². The van der Waals surface area contributed by atoms with E-state index in [0.29, 0.717) is 18.2 Å². The summed E-state index contributed by atoms with van der Waals surface area (Å²) < 4.78 is 4.86. The standard InChI is InChI=1S/C19H25N3O3/c1-12-6-5-9-22(10-12)11-15(23)21-17-16-13(2)7-4-8-14(16)20-18(17)19(24)25-3/h4,7-8,12,20H,5-6,9-11H2,1-3H3,(H,21,23)/t12-/m1/s1. The third-order valence-electron chi connectivity index (χ3n) is 4.79. The number of esters is 1. The predicted octanol–water partition coefficient (Wildman–Crippen LogP) is 2.93. The number of carbonyl (C=O) groups is 2. The topological polar surface area (TPSA) is 74.4 Å².